The first-order valence-electron chi connectivity index (χ1n) is 7.54. The number of pyridine rings is 1. The first kappa shape index (κ1) is 15.2. The van der Waals surface area contributed by atoms with Crippen LogP contribution in [0.5, 0.6) is 0 Å². The lowest BCUT2D eigenvalue weighted by Crippen LogP contribution is -2.27. The van der Waals surface area contributed by atoms with Gasteiger partial charge in [0.15, 0.2) is 0 Å². The highest BCUT2D eigenvalue weighted by Gasteiger charge is 2.15. The molecule has 0 aliphatic carbocycles. The molecule has 1 N–H and O–H groups in total. The average molecular weight is 306 g/mol. The Morgan fingerprint density at radius 2 is 1.87 bits per heavy atom. The summed E-state index contributed by atoms with van der Waals surface area (Å²) in [6, 6.07) is 19.3. The number of fused-ring (bicyclic) bond motifs is 1. The van der Waals surface area contributed by atoms with Crippen molar-refractivity contribution in [2.24, 2.45) is 0 Å². The first-order valence-corrected chi connectivity index (χ1v) is 7.54. The summed E-state index contributed by atoms with van der Waals surface area (Å²) in [6.07, 6.45) is 1.17. The van der Waals surface area contributed by atoms with Crippen LogP contribution in [0, 0.1) is 0 Å². The quantitative estimate of drug-likeness (QED) is 0.780. The van der Waals surface area contributed by atoms with Gasteiger partial charge < -0.3 is 10.1 Å². The van der Waals surface area contributed by atoms with Crippen LogP contribution in [-0.4, -0.2) is 17.0 Å². The fourth-order valence-corrected chi connectivity index (χ4v) is 2.31. The van der Waals surface area contributed by atoms with Gasteiger partial charge in [-0.05, 0) is 24.6 Å². The van der Waals surface area contributed by atoms with Gasteiger partial charge in [0.2, 0.25) is 0 Å². The SMILES string of the molecule is CC(OCc1ccccc1)C(=O)Nc1cccc2cccnc12. The summed E-state index contributed by atoms with van der Waals surface area (Å²) in [4.78, 5) is 16.6. The van der Waals surface area contributed by atoms with Crippen LogP contribution >= 0.6 is 0 Å². The number of amides is 1. The molecule has 1 atom stereocenters. The molecule has 2 aromatic carbocycles. The van der Waals surface area contributed by atoms with E-state index in [2.05, 4.69) is 10.3 Å². The highest BCUT2D eigenvalue weighted by Crippen LogP contribution is 2.21. The van der Waals surface area contributed by atoms with Crippen molar-refractivity contribution < 1.29 is 9.53 Å². The number of para-hydroxylation sites is 1. The zero-order valence-corrected chi connectivity index (χ0v) is 12.9. The molecular weight excluding hydrogens is 288 g/mol. The third kappa shape index (κ3) is 3.73. The molecule has 1 aromatic heterocycles. The van der Waals surface area contributed by atoms with Crippen LogP contribution < -0.4 is 5.32 Å². The number of nitrogens with one attached hydrogen (secondary N) is 1. The highest BCUT2D eigenvalue weighted by atomic mass is 16.5. The topological polar surface area (TPSA) is 51.2 Å². The second-order valence-electron chi connectivity index (χ2n) is 5.31. The fourth-order valence-electron chi connectivity index (χ4n) is 2.31. The zero-order chi connectivity index (χ0) is 16.1. The summed E-state index contributed by atoms with van der Waals surface area (Å²) < 4.78 is 5.64. The molecule has 0 spiro atoms. The average Bonchev–Trinajstić information content (AvgIpc) is 2.61. The van der Waals surface area contributed by atoms with E-state index >= 15 is 0 Å². The zero-order valence-electron chi connectivity index (χ0n) is 12.9. The summed E-state index contributed by atoms with van der Waals surface area (Å²) in [6.45, 7) is 2.15. The van der Waals surface area contributed by atoms with Crippen molar-refractivity contribution in [3.8, 4) is 0 Å². The number of ether oxygens (including phenoxy) is 1. The maximum atomic E-state index is 12.3. The van der Waals surface area contributed by atoms with Crippen molar-refractivity contribution in [3.63, 3.8) is 0 Å². The molecule has 0 radical (unpaired) electrons. The molecule has 0 bridgehead atoms. The van der Waals surface area contributed by atoms with Gasteiger partial charge in [0.25, 0.3) is 5.91 Å². The Labute approximate surface area is 135 Å². The molecular formula is C19H18N2O2. The van der Waals surface area contributed by atoms with Crippen molar-refractivity contribution >= 4 is 22.5 Å². The van der Waals surface area contributed by atoms with Crippen LogP contribution in [0.4, 0.5) is 5.69 Å². The van der Waals surface area contributed by atoms with E-state index in [1.807, 2.05) is 60.7 Å². The van der Waals surface area contributed by atoms with Gasteiger partial charge >= 0.3 is 0 Å². The molecule has 116 valence electrons. The molecule has 0 saturated carbocycles. The number of nitrogens with zero attached hydrogens (tertiary/aromatic N) is 1. The third-order valence-electron chi connectivity index (χ3n) is 3.60. The van der Waals surface area contributed by atoms with Gasteiger partial charge in [-0.15, -0.1) is 0 Å². The number of hydrogen-bond acceptors (Lipinski definition) is 3. The first-order chi connectivity index (χ1) is 11.2. The second kappa shape index (κ2) is 7.03. The number of carbonyl (C=O) groups excluding carboxylic acids is 1. The minimum atomic E-state index is -0.547. The molecule has 0 aliphatic rings. The Morgan fingerprint density at radius 3 is 2.70 bits per heavy atom. The Hall–Kier alpha value is -2.72. The number of aromatic nitrogens is 1. The Kier molecular flexibility index (Phi) is 4.64. The molecule has 4 nitrogen and oxygen atoms in total. The maximum absolute atomic E-state index is 12.3. The minimum absolute atomic E-state index is 0.181. The largest absolute Gasteiger partial charge is 0.364 e. The van der Waals surface area contributed by atoms with Crippen molar-refractivity contribution in [2.75, 3.05) is 5.32 Å². The molecule has 0 aliphatic heterocycles. The van der Waals surface area contributed by atoms with E-state index in [0.29, 0.717) is 12.3 Å². The van der Waals surface area contributed by atoms with E-state index in [4.69, 9.17) is 4.74 Å². The van der Waals surface area contributed by atoms with Crippen LogP contribution in [0.1, 0.15) is 12.5 Å². The lowest BCUT2D eigenvalue weighted by molar-refractivity contribution is -0.127. The van der Waals surface area contributed by atoms with Gasteiger partial charge in [0, 0.05) is 11.6 Å². The van der Waals surface area contributed by atoms with Crippen molar-refractivity contribution in [1.29, 1.82) is 0 Å². The standard InChI is InChI=1S/C19H18N2O2/c1-14(23-13-15-7-3-2-4-8-15)19(22)21-17-11-5-9-16-10-6-12-20-18(16)17/h2-12,14H,13H2,1H3,(H,21,22). The van der Waals surface area contributed by atoms with E-state index in [-0.39, 0.29) is 5.91 Å². The summed E-state index contributed by atoms with van der Waals surface area (Å²) in [5.41, 5.74) is 2.51. The second-order valence-corrected chi connectivity index (χ2v) is 5.31. The van der Waals surface area contributed by atoms with E-state index in [1.54, 1.807) is 13.1 Å². The molecule has 1 heterocycles. The van der Waals surface area contributed by atoms with Gasteiger partial charge in [0.05, 0.1) is 17.8 Å². The van der Waals surface area contributed by atoms with Gasteiger partial charge in [-0.25, -0.2) is 0 Å². The summed E-state index contributed by atoms with van der Waals surface area (Å²) in [7, 11) is 0. The lowest BCUT2D eigenvalue weighted by Gasteiger charge is -2.14. The van der Waals surface area contributed by atoms with Crippen molar-refractivity contribution in [1.82, 2.24) is 4.98 Å². The molecule has 1 amide bonds. The van der Waals surface area contributed by atoms with Crippen molar-refractivity contribution in [2.45, 2.75) is 19.6 Å². The number of rotatable bonds is 5. The number of hydrogen-bond donors (Lipinski definition) is 1. The molecule has 1 unspecified atom stereocenters. The summed E-state index contributed by atoms with van der Waals surface area (Å²) >= 11 is 0. The maximum Gasteiger partial charge on any atom is 0.253 e. The monoisotopic (exact) mass is 306 g/mol. The van der Waals surface area contributed by atoms with E-state index in [0.717, 1.165) is 16.5 Å². The van der Waals surface area contributed by atoms with E-state index in [9.17, 15) is 4.79 Å². The van der Waals surface area contributed by atoms with Crippen LogP contribution in [0.3, 0.4) is 0 Å². The number of anilines is 1. The van der Waals surface area contributed by atoms with Gasteiger partial charge in [-0.1, -0.05) is 48.5 Å². The number of benzene rings is 2. The predicted octanol–water partition coefficient (Wildman–Crippen LogP) is 3.78. The van der Waals surface area contributed by atoms with Crippen molar-refractivity contribution in [3.05, 3.63) is 72.4 Å². The third-order valence-corrected chi connectivity index (χ3v) is 3.60. The molecule has 23 heavy (non-hydrogen) atoms. The van der Waals surface area contributed by atoms with Crippen LogP contribution in [0.2, 0.25) is 0 Å². The Bertz CT molecular complexity index is 797. The molecule has 4 heteroatoms. The lowest BCUT2D eigenvalue weighted by atomic mass is 10.2. The van der Waals surface area contributed by atoms with Crippen LogP contribution in [0.15, 0.2) is 66.9 Å². The molecule has 0 fully saturated rings. The minimum Gasteiger partial charge on any atom is -0.364 e. The Balaban J connectivity index is 1.66. The predicted molar refractivity (Wildman–Crippen MR) is 91.1 cm³/mol. The van der Waals surface area contributed by atoms with Crippen LogP contribution in [0.25, 0.3) is 10.9 Å². The van der Waals surface area contributed by atoms with Gasteiger partial charge in [-0.2, -0.15) is 0 Å². The Morgan fingerprint density at radius 1 is 1.09 bits per heavy atom. The highest BCUT2D eigenvalue weighted by molar-refractivity contribution is 6.01. The smallest absolute Gasteiger partial charge is 0.253 e. The van der Waals surface area contributed by atoms with Gasteiger partial charge in [0.1, 0.15) is 6.10 Å². The molecule has 0 saturated heterocycles. The van der Waals surface area contributed by atoms with Gasteiger partial charge in [-0.3, -0.25) is 9.78 Å². The number of carbonyl (C=O) groups is 1. The van der Waals surface area contributed by atoms with Crippen LogP contribution in [-0.2, 0) is 16.1 Å². The fraction of sp³-hybridized carbons (Fsp3) is 0.158. The van der Waals surface area contributed by atoms with E-state index in [1.165, 1.54) is 0 Å². The van der Waals surface area contributed by atoms with E-state index < -0.39 is 6.10 Å². The summed E-state index contributed by atoms with van der Waals surface area (Å²) in [5, 5.41) is 3.88. The normalized spacial score (nSPS) is 12.0. The summed E-state index contributed by atoms with van der Waals surface area (Å²) in [5.74, 6) is -0.181. The molecule has 3 rings (SSSR count). The molecule has 3 aromatic rings.